The fourth-order valence-electron chi connectivity index (χ4n) is 5.01. The van der Waals surface area contributed by atoms with E-state index in [9.17, 15) is 4.79 Å². The van der Waals surface area contributed by atoms with Crippen LogP contribution in [0, 0.1) is 11.8 Å². The Bertz CT molecular complexity index is 722. The number of nitrogens with zero attached hydrogens (tertiary/aromatic N) is 1. The van der Waals surface area contributed by atoms with Crippen molar-refractivity contribution >= 4 is 17.6 Å². The standard InChI is InChI=1S/C21H28ClNO4/c1-21(2)16-10-13-12-23(8-3-4-19(24)25)9-7-17(13)26-20(16)15-11-14(22)5-6-18(15)27-21/h5-6,11,13,16-17,20H,3-4,7-10,12H2,1-2H3,(H,24,25)/t13-,16+,17+,20-/m0/s1. The van der Waals surface area contributed by atoms with E-state index in [0.717, 1.165) is 48.8 Å². The minimum absolute atomic E-state index is 0.0299. The topological polar surface area (TPSA) is 59.0 Å². The highest BCUT2D eigenvalue weighted by molar-refractivity contribution is 6.30. The molecule has 5 nitrogen and oxygen atoms in total. The lowest BCUT2D eigenvalue weighted by atomic mass is 9.70. The summed E-state index contributed by atoms with van der Waals surface area (Å²) in [5.41, 5.74) is 0.788. The Hall–Kier alpha value is -1.30. The van der Waals surface area contributed by atoms with Crippen molar-refractivity contribution < 1.29 is 19.4 Å². The minimum atomic E-state index is -0.716. The summed E-state index contributed by atoms with van der Waals surface area (Å²) in [6.07, 6.45) is 3.29. The van der Waals surface area contributed by atoms with Crippen LogP contribution in [0.3, 0.4) is 0 Å². The van der Waals surface area contributed by atoms with Gasteiger partial charge in [-0.15, -0.1) is 0 Å². The number of ether oxygens (including phenoxy) is 2. The molecule has 3 aliphatic heterocycles. The lowest BCUT2D eigenvalue weighted by Crippen LogP contribution is -2.55. The average Bonchev–Trinajstić information content (AvgIpc) is 2.61. The Labute approximate surface area is 165 Å². The summed E-state index contributed by atoms with van der Waals surface area (Å²) < 4.78 is 13.0. The zero-order chi connectivity index (χ0) is 19.2. The molecule has 148 valence electrons. The molecule has 0 spiro atoms. The van der Waals surface area contributed by atoms with E-state index in [0.29, 0.717) is 12.3 Å². The van der Waals surface area contributed by atoms with E-state index in [1.165, 1.54) is 0 Å². The van der Waals surface area contributed by atoms with Crippen molar-refractivity contribution in [1.82, 2.24) is 4.90 Å². The van der Waals surface area contributed by atoms with Crippen LogP contribution in [0.4, 0.5) is 0 Å². The van der Waals surface area contributed by atoms with Crippen LogP contribution in [0.25, 0.3) is 0 Å². The van der Waals surface area contributed by atoms with Gasteiger partial charge >= 0.3 is 5.97 Å². The molecule has 2 saturated heterocycles. The van der Waals surface area contributed by atoms with Crippen LogP contribution < -0.4 is 4.74 Å². The van der Waals surface area contributed by atoms with Crippen molar-refractivity contribution in [3.8, 4) is 5.75 Å². The number of halogens is 1. The molecule has 27 heavy (non-hydrogen) atoms. The number of carbonyl (C=O) groups is 1. The van der Waals surface area contributed by atoms with Gasteiger partial charge in [-0.3, -0.25) is 4.79 Å². The number of hydrogen-bond acceptors (Lipinski definition) is 4. The number of hydrogen-bond donors (Lipinski definition) is 1. The molecule has 2 fully saturated rings. The van der Waals surface area contributed by atoms with Crippen molar-refractivity contribution in [1.29, 1.82) is 0 Å². The van der Waals surface area contributed by atoms with E-state index in [2.05, 4.69) is 18.7 Å². The van der Waals surface area contributed by atoms with Gasteiger partial charge in [0.25, 0.3) is 0 Å². The monoisotopic (exact) mass is 393 g/mol. The fraction of sp³-hybridized carbons (Fsp3) is 0.667. The van der Waals surface area contributed by atoms with Gasteiger partial charge in [-0.25, -0.2) is 0 Å². The summed E-state index contributed by atoms with van der Waals surface area (Å²) in [4.78, 5) is 13.2. The Morgan fingerprint density at radius 1 is 1.41 bits per heavy atom. The number of likely N-dealkylation sites (tertiary alicyclic amines) is 1. The normalized spacial score (nSPS) is 32.0. The first-order chi connectivity index (χ1) is 12.8. The number of rotatable bonds is 4. The largest absolute Gasteiger partial charge is 0.487 e. The first-order valence-electron chi connectivity index (χ1n) is 9.91. The lowest BCUT2D eigenvalue weighted by Gasteiger charge is -2.53. The summed E-state index contributed by atoms with van der Waals surface area (Å²) in [6.45, 7) is 7.10. The maximum atomic E-state index is 10.8. The van der Waals surface area contributed by atoms with Gasteiger partial charge < -0.3 is 19.5 Å². The maximum Gasteiger partial charge on any atom is 0.303 e. The van der Waals surface area contributed by atoms with E-state index in [1.807, 2.05) is 18.2 Å². The van der Waals surface area contributed by atoms with Crippen LogP contribution in [0.5, 0.6) is 5.75 Å². The van der Waals surface area contributed by atoms with E-state index < -0.39 is 5.97 Å². The first kappa shape index (κ1) is 19.0. The minimum Gasteiger partial charge on any atom is -0.487 e. The number of carboxylic acid groups (broad SMARTS) is 1. The SMILES string of the molecule is CC1(C)Oc2ccc(Cl)cc2[C@@H]2O[C@@H]3CCN(CCCC(=O)O)C[C@@H]3C[C@H]21. The third-order valence-electron chi connectivity index (χ3n) is 6.40. The molecule has 4 atom stereocenters. The molecule has 3 heterocycles. The summed E-state index contributed by atoms with van der Waals surface area (Å²) >= 11 is 6.25. The molecule has 0 saturated carbocycles. The molecule has 0 unspecified atom stereocenters. The Balaban J connectivity index is 1.49. The molecular formula is C21H28ClNO4. The highest BCUT2D eigenvalue weighted by Gasteiger charge is 2.51. The summed E-state index contributed by atoms with van der Waals surface area (Å²) in [6, 6.07) is 5.82. The molecule has 1 aromatic carbocycles. The quantitative estimate of drug-likeness (QED) is 0.832. The number of benzene rings is 1. The van der Waals surface area contributed by atoms with Crippen LogP contribution in [0.1, 0.15) is 51.2 Å². The van der Waals surface area contributed by atoms with Crippen molar-refractivity contribution in [3.05, 3.63) is 28.8 Å². The van der Waals surface area contributed by atoms with E-state index >= 15 is 0 Å². The van der Waals surface area contributed by atoms with Gasteiger partial charge in [0.2, 0.25) is 0 Å². The summed E-state index contributed by atoms with van der Waals surface area (Å²) in [7, 11) is 0. The summed E-state index contributed by atoms with van der Waals surface area (Å²) in [5, 5.41) is 9.57. The van der Waals surface area contributed by atoms with E-state index in [4.69, 9.17) is 26.2 Å². The Morgan fingerprint density at radius 2 is 2.22 bits per heavy atom. The van der Waals surface area contributed by atoms with E-state index in [-0.39, 0.29) is 30.1 Å². The molecule has 0 aromatic heterocycles. The van der Waals surface area contributed by atoms with Gasteiger partial charge in [0, 0.05) is 36.0 Å². The van der Waals surface area contributed by atoms with Crippen molar-refractivity contribution in [3.63, 3.8) is 0 Å². The molecule has 6 heteroatoms. The molecule has 0 amide bonds. The Morgan fingerprint density at radius 3 is 3.00 bits per heavy atom. The molecule has 3 aliphatic rings. The van der Waals surface area contributed by atoms with Gasteiger partial charge in [-0.2, -0.15) is 0 Å². The van der Waals surface area contributed by atoms with Gasteiger partial charge in [-0.05, 0) is 63.8 Å². The van der Waals surface area contributed by atoms with Gasteiger partial charge in [0.15, 0.2) is 0 Å². The number of aliphatic carboxylic acids is 1. The number of carboxylic acids is 1. The molecular weight excluding hydrogens is 366 g/mol. The molecule has 0 bridgehead atoms. The van der Waals surface area contributed by atoms with Gasteiger partial charge in [0.05, 0.1) is 12.2 Å². The molecule has 1 aromatic rings. The smallest absolute Gasteiger partial charge is 0.303 e. The second-order valence-electron chi connectivity index (χ2n) is 8.67. The van der Waals surface area contributed by atoms with Crippen LogP contribution in [-0.2, 0) is 9.53 Å². The number of fused-ring (bicyclic) bond motifs is 4. The first-order valence-corrected chi connectivity index (χ1v) is 10.3. The second-order valence-corrected chi connectivity index (χ2v) is 9.11. The predicted molar refractivity (Wildman–Crippen MR) is 103 cm³/mol. The average molecular weight is 394 g/mol. The third-order valence-corrected chi connectivity index (χ3v) is 6.64. The van der Waals surface area contributed by atoms with Crippen LogP contribution >= 0.6 is 11.6 Å². The van der Waals surface area contributed by atoms with Crippen LogP contribution in [0.15, 0.2) is 18.2 Å². The van der Waals surface area contributed by atoms with Crippen LogP contribution in [0.2, 0.25) is 5.02 Å². The molecule has 1 N–H and O–H groups in total. The van der Waals surface area contributed by atoms with Crippen molar-refractivity contribution in [2.75, 3.05) is 19.6 Å². The fourth-order valence-corrected chi connectivity index (χ4v) is 5.19. The van der Waals surface area contributed by atoms with Crippen LogP contribution in [-0.4, -0.2) is 47.3 Å². The highest BCUT2D eigenvalue weighted by Crippen LogP contribution is 2.53. The zero-order valence-corrected chi connectivity index (χ0v) is 16.7. The zero-order valence-electron chi connectivity index (χ0n) is 16.0. The van der Waals surface area contributed by atoms with Crippen molar-refractivity contribution in [2.24, 2.45) is 11.8 Å². The van der Waals surface area contributed by atoms with Crippen molar-refractivity contribution in [2.45, 2.75) is 57.3 Å². The maximum absolute atomic E-state index is 10.8. The highest BCUT2D eigenvalue weighted by atomic mass is 35.5. The Kier molecular flexibility index (Phi) is 5.12. The summed E-state index contributed by atoms with van der Waals surface area (Å²) in [5.74, 6) is 0.916. The second kappa shape index (κ2) is 7.26. The predicted octanol–water partition coefficient (Wildman–Crippen LogP) is 4.14. The molecule has 0 aliphatic carbocycles. The van der Waals surface area contributed by atoms with Gasteiger partial charge in [0.1, 0.15) is 11.4 Å². The molecule has 0 radical (unpaired) electrons. The number of piperidine rings is 1. The van der Waals surface area contributed by atoms with Gasteiger partial charge in [-0.1, -0.05) is 11.6 Å². The lowest BCUT2D eigenvalue weighted by molar-refractivity contribution is -0.187. The third kappa shape index (κ3) is 3.82. The molecule has 4 rings (SSSR count). The van der Waals surface area contributed by atoms with E-state index in [1.54, 1.807) is 0 Å².